The zero-order chi connectivity index (χ0) is 22.4. The Kier molecular flexibility index (Phi) is 6.60. The van der Waals surface area contributed by atoms with Crippen LogP contribution in [0.1, 0.15) is 30.5 Å². The van der Waals surface area contributed by atoms with E-state index in [1.165, 1.54) is 6.92 Å². The molecule has 0 saturated heterocycles. The lowest BCUT2D eigenvalue weighted by Gasteiger charge is -2.32. The number of hydrogen-bond donors (Lipinski definition) is 2. The van der Waals surface area contributed by atoms with Crippen molar-refractivity contribution in [3.8, 4) is 17.2 Å². The predicted octanol–water partition coefficient (Wildman–Crippen LogP) is 4.18. The highest BCUT2D eigenvalue weighted by molar-refractivity contribution is 5.77. The number of phenolic OH excluding ortho intramolecular Hbond substituents is 1. The van der Waals surface area contributed by atoms with Crippen molar-refractivity contribution in [1.29, 1.82) is 0 Å². The van der Waals surface area contributed by atoms with E-state index in [9.17, 15) is 14.7 Å². The van der Waals surface area contributed by atoms with E-state index in [0.717, 1.165) is 16.7 Å². The van der Waals surface area contributed by atoms with Gasteiger partial charge in [-0.05, 0) is 66.9 Å². The van der Waals surface area contributed by atoms with Gasteiger partial charge in [-0.25, -0.2) is 4.79 Å². The number of carboxylic acids is 1. The summed E-state index contributed by atoms with van der Waals surface area (Å²) in [5.41, 5.74) is 2.32. The van der Waals surface area contributed by atoms with Gasteiger partial charge in [0.1, 0.15) is 23.9 Å². The molecule has 0 amide bonds. The standard InChI is InChI=1S/C25H24O6/c1-17(26)15-30-22-11-5-19(6-12-22)25(2,18-3-9-21(27)10-4-18)20-7-13-23(14-8-20)31-16-24(28)29/h3-14,27H,15-16H2,1-2H3,(H,28,29). The summed E-state index contributed by atoms with van der Waals surface area (Å²) >= 11 is 0. The molecule has 0 radical (unpaired) electrons. The summed E-state index contributed by atoms with van der Waals surface area (Å²) in [6.45, 7) is 3.15. The fourth-order valence-corrected chi connectivity index (χ4v) is 3.39. The van der Waals surface area contributed by atoms with Crippen molar-refractivity contribution < 1.29 is 29.3 Å². The van der Waals surface area contributed by atoms with E-state index in [0.29, 0.717) is 11.5 Å². The van der Waals surface area contributed by atoms with Crippen LogP contribution in [0.3, 0.4) is 0 Å². The average Bonchev–Trinajstić information content (AvgIpc) is 2.77. The van der Waals surface area contributed by atoms with E-state index in [1.807, 2.05) is 48.5 Å². The summed E-state index contributed by atoms with van der Waals surface area (Å²) in [7, 11) is 0. The van der Waals surface area contributed by atoms with Crippen molar-refractivity contribution >= 4 is 11.8 Å². The maximum Gasteiger partial charge on any atom is 0.341 e. The Morgan fingerprint density at radius 3 is 1.52 bits per heavy atom. The van der Waals surface area contributed by atoms with Crippen LogP contribution in [0.5, 0.6) is 17.2 Å². The molecule has 0 fully saturated rings. The minimum atomic E-state index is -1.04. The number of ether oxygens (including phenoxy) is 2. The van der Waals surface area contributed by atoms with Gasteiger partial charge < -0.3 is 19.7 Å². The monoisotopic (exact) mass is 420 g/mol. The van der Waals surface area contributed by atoms with Gasteiger partial charge >= 0.3 is 5.97 Å². The number of benzene rings is 3. The van der Waals surface area contributed by atoms with E-state index < -0.39 is 18.0 Å². The number of carbonyl (C=O) groups excluding carboxylic acids is 1. The molecule has 1 unspecified atom stereocenters. The first-order chi connectivity index (χ1) is 14.8. The Hall–Kier alpha value is -3.80. The van der Waals surface area contributed by atoms with Crippen LogP contribution >= 0.6 is 0 Å². The molecule has 0 spiro atoms. The van der Waals surface area contributed by atoms with Crippen LogP contribution in [0.2, 0.25) is 0 Å². The third-order valence-electron chi connectivity index (χ3n) is 5.11. The molecule has 0 bridgehead atoms. The zero-order valence-corrected chi connectivity index (χ0v) is 17.4. The summed E-state index contributed by atoms with van der Waals surface area (Å²) in [5, 5.41) is 18.5. The zero-order valence-electron chi connectivity index (χ0n) is 17.4. The van der Waals surface area contributed by atoms with Gasteiger partial charge in [0.2, 0.25) is 0 Å². The molecule has 6 heteroatoms. The van der Waals surface area contributed by atoms with Crippen molar-refractivity contribution in [1.82, 2.24) is 0 Å². The Morgan fingerprint density at radius 1 is 0.742 bits per heavy atom. The minimum absolute atomic E-state index is 0.0202. The number of carboxylic acid groups (broad SMARTS) is 1. The molecule has 160 valence electrons. The number of hydrogen-bond acceptors (Lipinski definition) is 5. The predicted molar refractivity (Wildman–Crippen MR) is 116 cm³/mol. The molecular formula is C25H24O6. The van der Waals surface area contributed by atoms with Gasteiger partial charge in [0, 0.05) is 5.41 Å². The lowest BCUT2D eigenvalue weighted by atomic mass is 9.71. The van der Waals surface area contributed by atoms with Gasteiger partial charge in [0.05, 0.1) is 0 Å². The Balaban J connectivity index is 1.99. The fraction of sp³-hybridized carbons (Fsp3) is 0.200. The van der Waals surface area contributed by atoms with E-state index in [1.54, 1.807) is 24.3 Å². The van der Waals surface area contributed by atoms with Crippen LogP contribution in [-0.4, -0.2) is 35.2 Å². The van der Waals surface area contributed by atoms with Crippen molar-refractivity contribution in [3.05, 3.63) is 89.5 Å². The first kappa shape index (κ1) is 21.9. The van der Waals surface area contributed by atoms with Crippen molar-refractivity contribution in [3.63, 3.8) is 0 Å². The van der Waals surface area contributed by atoms with Crippen molar-refractivity contribution in [2.24, 2.45) is 0 Å². The van der Waals surface area contributed by atoms with E-state index >= 15 is 0 Å². The maximum atomic E-state index is 11.2. The Morgan fingerprint density at radius 2 is 1.13 bits per heavy atom. The molecule has 6 nitrogen and oxygen atoms in total. The summed E-state index contributed by atoms with van der Waals surface area (Å²) in [6, 6.07) is 21.8. The summed E-state index contributed by atoms with van der Waals surface area (Å²) < 4.78 is 10.7. The molecule has 0 aromatic heterocycles. The molecule has 3 aromatic carbocycles. The van der Waals surface area contributed by atoms with Crippen LogP contribution in [0.25, 0.3) is 0 Å². The molecule has 0 aliphatic rings. The number of carbonyl (C=O) groups is 2. The van der Waals surface area contributed by atoms with Gasteiger partial charge in [-0.3, -0.25) is 4.79 Å². The minimum Gasteiger partial charge on any atom is -0.508 e. The largest absolute Gasteiger partial charge is 0.508 e. The average molecular weight is 420 g/mol. The second-order valence-corrected chi connectivity index (χ2v) is 7.39. The van der Waals surface area contributed by atoms with E-state index in [-0.39, 0.29) is 18.1 Å². The lowest BCUT2D eigenvalue weighted by molar-refractivity contribution is -0.139. The maximum absolute atomic E-state index is 11.2. The number of rotatable bonds is 9. The quantitative estimate of drug-likeness (QED) is 0.505. The van der Waals surface area contributed by atoms with Gasteiger partial charge in [-0.15, -0.1) is 0 Å². The van der Waals surface area contributed by atoms with Crippen molar-refractivity contribution in [2.75, 3.05) is 13.2 Å². The second-order valence-electron chi connectivity index (χ2n) is 7.39. The first-order valence-electron chi connectivity index (χ1n) is 9.76. The number of phenols is 1. The summed E-state index contributed by atoms with van der Waals surface area (Å²) in [5.74, 6) is 0.154. The summed E-state index contributed by atoms with van der Waals surface area (Å²) in [6.07, 6.45) is 0. The van der Waals surface area contributed by atoms with Gasteiger partial charge in [0.25, 0.3) is 0 Å². The van der Waals surface area contributed by atoms with Crippen LogP contribution in [-0.2, 0) is 15.0 Å². The van der Waals surface area contributed by atoms with Crippen LogP contribution in [0.4, 0.5) is 0 Å². The molecule has 1 atom stereocenters. The van der Waals surface area contributed by atoms with Gasteiger partial charge in [-0.1, -0.05) is 36.4 Å². The first-order valence-corrected chi connectivity index (χ1v) is 9.76. The molecular weight excluding hydrogens is 396 g/mol. The highest BCUT2D eigenvalue weighted by atomic mass is 16.5. The lowest BCUT2D eigenvalue weighted by Crippen LogP contribution is -2.25. The third kappa shape index (κ3) is 5.22. The molecule has 0 aliphatic carbocycles. The Bertz CT molecular complexity index is 975. The number of aliphatic carboxylic acids is 1. The van der Waals surface area contributed by atoms with Crippen LogP contribution in [0.15, 0.2) is 72.8 Å². The topological polar surface area (TPSA) is 93.1 Å². The SMILES string of the molecule is CC(=O)COc1ccc(C(C)(c2ccc(O)cc2)c2ccc(OCC(=O)O)cc2)cc1. The van der Waals surface area contributed by atoms with E-state index in [2.05, 4.69) is 6.92 Å². The van der Waals surface area contributed by atoms with Gasteiger partial charge in [-0.2, -0.15) is 0 Å². The third-order valence-corrected chi connectivity index (χ3v) is 5.11. The number of Topliss-reactive ketones (excluding diaryl/α,β-unsaturated/α-hetero) is 1. The smallest absolute Gasteiger partial charge is 0.341 e. The van der Waals surface area contributed by atoms with Crippen molar-refractivity contribution in [2.45, 2.75) is 19.3 Å². The number of aromatic hydroxyl groups is 1. The normalized spacial score (nSPS) is 12.6. The number of ketones is 1. The molecule has 0 saturated carbocycles. The molecule has 2 N–H and O–H groups in total. The van der Waals surface area contributed by atoms with Gasteiger partial charge in [0.15, 0.2) is 12.4 Å². The molecule has 3 aromatic rings. The Labute approximate surface area is 180 Å². The van der Waals surface area contributed by atoms with Crippen LogP contribution < -0.4 is 9.47 Å². The molecule has 0 heterocycles. The molecule has 3 rings (SSSR count). The highest BCUT2D eigenvalue weighted by Crippen LogP contribution is 2.40. The van der Waals surface area contributed by atoms with E-state index in [4.69, 9.17) is 14.6 Å². The second kappa shape index (κ2) is 9.34. The highest BCUT2D eigenvalue weighted by Gasteiger charge is 2.31. The molecule has 0 aliphatic heterocycles. The van der Waals surface area contributed by atoms with Crippen LogP contribution in [0, 0.1) is 0 Å². The molecule has 31 heavy (non-hydrogen) atoms. The summed E-state index contributed by atoms with van der Waals surface area (Å²) in [4.78, 5) is 21.9. The fourth-order valence-electron chi connectivity index (χ4n) is 3.39.